The number of ether oxygens (including phenoxy) is 1. The fraction of sp³-hybridized carbons (Fsp3) is 0.0625. The molecule has 2 rings (SSSR count). The number of rotatable bonds is 5. The number of benzene rings is 2. The Morgan fingerprint density at radius 3 is 2.46 bits per heavy atom. The SMILES string of the molecule is N#Cc1cc([N+](=O)[O-])ccc1NC(=O)COC(=O)c1c(Cl)cccc1Cl. The fourth-order valence-corrected chi connectivity index (χ4v) is 2.48. The third kappa shape index (κ3) is 4.47. The maximum Gasteiger partial charge on any atom is 0.341 e. The number of halogens is 2. The molecule has 2 aromatic rings. The Bertz CT molecular complexity index is 920. The van der Waals surface area contributed by atoms with Gasteiger partial charge in [-0.1, -0.05) is 29.3 Å². The van der Waals surface area contributed by atoms with Crippen LogP contribution in [-0.2, 0) is 9.53 Å². The Kier molecular flexibility index (Phi) is 6.11. The van der Waals surface area contributed by atoms with Gasteiger partial charge in [-0.25, -0.2) is 4.79 Å². The van der Waals surface area contributed by atoms with E-state index in [1.807, 2.05) is 0 Å². The quantitative estimate of drug-likeness (QED) is 0.470. The van der Waals surface area contributed by atoms with Gasteiger partial charge in [0.2, 0.25) is 0 Å². The molecule has 0 spiro atoms. The number of hydrogen-bond acceptors (Lipinski definition) is 6. The number of non-ortho nitro benzene ring substituents is 1. The van der Waals surface area contributed by atoms with E-state index in [-0.39, 0.29) is 32.5 Å². The molecule has 0 atom stereocenters. The van der Waals surface area contributed by atoms with E-state index >= 15 is 0 Å². The van der Waals surface area contributed by atoms with Crippen LogP contribution in [0.4, 0.5) is 11.4 Å². The van der Waals surface area contributed by atoms with Crippen molar-refractivity contribution in [3.05, 3.63) is 67.7 Å². The molecule has 0 saturated carbocycles. The zero-order valence-corrected chi connectivity index (χ0v) is 14.4. The van der Waals surface area contributed by atoms with Crippen LogP contribution in [0.1, 0.15) is 15.9 Å². The Balaban J connectivity index is 2.05. The van der Waals surface area contributed by atoms with Gasteiger partial charge in [-0.05, 0) is 18.2 Å². The summed E-state index contributed by atoms with van der Waals surface area (Å²) >= 11 is 11.7. The van der Waals surface area contributed by atoms with Gasteiger partial charge in [-0.3, -0.25) is 14.9 Å². The molecule has 132 valence electrons. The van der Waals surface area contributed by atoms with Gasteiger partial charge in [0, 0.05) is 12.1 Å². The number of hydrogen-bond donors (Lipinski definition) is 1. The third-order valence-corrected chi connectivity index (χ3v) is 3.74. The minimum absolute atomic E-state index is 0.0509. The summed E-state index contributed by atoms with van der Waals surface area (Å²) in [4.78, 5) is 33.9. The lowest BCUT2D eigenvalue weighted by atomic mass is 10.1. The van der Waals surface area contributed by atoms with Crippen molar-refractivity contribution in [3.8, 4) is 6.07 Å². The summed E-state index contributed by atoms with van der Waals surface area (Å²) in [7, 11) is 0. The molecule has 0 aromatic heterocycles. The van der Waals surface area contributed by atoms with Crippen LogP contribution in [0, 0.1) is 21.4 Å². The molecule has 1 amide bonds. The van der Waals surface area contributed by atoms with Crippen molar-refractivity contribution < 1.29 is 19.2 Å². The largest absolute Gasteiger partial charge is 0.452 e. The number of nitro groups is 1. The molecule has 0 bridgehead atoms. The van der Waals surface area contributed by atoms with Crippen LogP contribution in [-0.4, -0.2) is 23.4 Å². The van der Waals surface area contributed by atoms with Crippen LogP contribution >= 0.6 is 23.2 Å². The zero-order chi connectivity index (χ0) is 19.3. The van der Waals surface area contributed by atoms with Gasteiger partial charge in [0.05, 0.1) is 31.8 Å². The summed E-state index contributed by atoms with van der Waals surface area (Å²) in [5.41, 5.74) is -0.418. The van der Waals surface area contributed by atoms with Crippen molar-refractivity contribution in [2.24, 2.45) is 0 Å². The molecule has 0 saturated heterocycles. The maximum atomic E-state index is 12.0. The molecule has 0 unspecified atom stereocenters. The molecule has 8 nitrogen and oxygen atoms in total. The number of carbonyl (C=O) groups excluding carboxylic acids is 2. The lowest BCUT2D eigenvalue weighted by Gasteiger charge is -2.09. The third-order valence-electron chi connectivity index (χ3n) is 3.11. The van der Waals surface area contributed by atoms with E-state index in [0.717, 1.165) is 12.1 Å². The topological polar surface area (TPSA) is 122 Å². The predicted octanol–water partition coefficient (Wildman–Crippen LogP) is 3.57. The van der Waals surface area contributed by atoms with Crippen LogP contribution in [0.25, 0.3) is 0 Å². The van der Waals surface area contributed by atoms with E-state index in [0.29, 0.717) is 0 Å². The van der Waals surface area contributed by atoms with Gasteiger partial charge in [0.15, 0.2) is 6.61 Å². The highest BCUT2D eigenvalue weighted by Crippen LogP contribution is 2.25. The van der Waals surface area contributed by atoms with Crippen LogP contribution < -0.4 is 5.32 Å². The average molecular weight is 394 g/mol. The number of nitro benzene ring substituents is 1. The highest BCUT2D eigenvalue weighted by atomic mass is 35.5. The first kappa shape index (κ1) is 19.2. The van der Waals surface area contributed by atoms with E-state index in [9.17, 15) is 19.7 Å². The van der Waals surface area contributed by atoms with Crippen LogP contribution in [0.5, 0.6) is 0 Å². The van der Waals surface area contributed by atoms with Crippen molar-refractivity contribution in [1.29, 1.82) is 5.26 Å². The molecule has 0 aliphatic rings. The number of anilines is 1. The lowest BCUT2D eigenvalue weighted by molar-refractivity contribution is -0.384. The van der Waals surface area contributed by atoms with Gasteiger partial charge < -0.3 is 10.1 Å². The fourth-order valence-electron chi connectivity index (χ4n) is 1.93. The van der Waals surface area contributed by atoms with Gasteiger partial charge in [0.25, 0.3) is 11.6 Å². The highest BCUT2D eigenvalue weighted by Gasteiger charge is 2.18. The molecule has 26 heavy (non-hydrogen) atoms. The Morgan fingerprint density at radius 1 is 1.23 bits per heavy atom. The number of nitriles is 1. The molecule has 0 radical (unpaired) electrons. The molecular weight excluding hydrogens is 385 g/mol. The molecule has 0 heterocycles. The molecule has 10 heteroatoms. The first-order valence-corrected chi connectivity index (χ1v) is 7.68. The van der Waals surface area contributed by atoms with Crippen molar-refractivity contribution >= 4 is 46.5 Å². The molecular formula is C16H9Cl2N3O5. The minimum Gasteiger partial charge on any atom is -0.452 e. The second kappa shape index (κ2) is 8.29. The monoisotopic (exact) mass is 393 g/mol. The smallest absolute Gasteiger partial charge is 0.341 e. The van der Waals surface area contributed by atoms with Gasteiger partial charge in [-0.2, -0.15) is 5.26 Å². The van der Waals surface area contributed by atoms with Gasteiger partial charge >= 0.3 is 5.97 Å². The van der Waals surface area contributed by atoms with E-state index < -0.39 is 23.4 Å². The molecule has 0 fully saturated rings. The number of esters is 1. The van der Waals surface area contributed by atoms with Gasteiger partial charge in [-0.15, -0.1) is 0 Å². The van der Waals surface area contributed by atoms with E-state index in [1.165, 1.54) is 18.2 Å². The first-order chi connectivity index (χ1) is 12.3. The number of nitrogens with one attached hydrogen (secondary N) is 1. The maximum absolute atomic E-state index is 12.0. The Morgan fingerprint density at radius 2 is 1.88 bits per heavy atom. The number of amides is 1. The van der Waals surface area contributed by atoms with Crippen molar-refractivity contribution in [2.45, 2.75) is 0 Å². The second-order valence-corrected chi connectivity index (χ2v) is 5.63. The number of nitrogens with zero attached hydrogens (tertiary/aromatic N) is 2. The van der Waals surface area contributed by atoms with E-state index in [1.54, 1.807) is 12.1 Å². The number of carbonyl (C=O) groups is 2. The van der Waals surface area contributed by atoms with Crippen LogP contribution in [0.15, 0.2) is 36.4 Å². The molecule has 2 aromatic carbocycles. The molecule has 0 aliphatic heterocycles. The normalized spacial score (nSPS) is 9.88. The summed E-state index contributed by atoms with van der Waals surface area (Å²) < 4.78 is 4.85. The summed E-state index contributed by atoms with van der Waals surface area (Å²) in [5, 5.41) is 22.2. The van der Waals surface area contributed by atoms with Crippen LogP contribution in [0.3, 0.4) is 0 Å². The van der Waals surface area contributed by atoms with Crippen molar-refractivity contribution in [2.75, 3.05) is 11.9 Å². The highest BCUT2D eigenvalue weighted by molar-refractivity contribution is 6.39. The van der Waals surface area contributed by atoms with Crippen molar-refractivity contribution in [1.82, 2.24) is 0 Å². The van der Waals surface area contributed by atoms with E-state index in [4.69, 9.17) is 33.2 Å². The lowest BCUT2D eigenvalue weighted by Crippen LogP contribution is -2.21. The van der Waals surface area contributed by atoms with Crippen LogP contribution in [0.2, 0.25) is 10.0 Å². The summed E-state index contributed by atoms with van der Waals surface area (Å²) in [6, 6.07) is 9.54. The zero-order valence-electron chi connectivity index (χ0n) is 12.9. The Hall–Kier alpha value is -3.15. The van der Waals surface area contributed by atoms with E-state index in [2.05, 4.69) is 5.32 Å². The minimum atomic E-state index is -0.889. The summed E-state index contributed by atoms with van der Waals surface area (Å²) in [5.74, 6) is -1.63. The second-order valence-electron chi connectivity index (χ2n) is 4.82. The molecule has 1 N–H and O–H groups in total. The summed E-state index contributed by atoms with van der Waals surface area (Å²) in [6.45, 7) is -0.664. The Labute approximate surface area is 157 Å². The first-order valence-electron chi connectivity index (χ1n) is 6.93. The van der Waals surface area contributed by atoms with Crippen molar-refractivity contribution in [3.63, 3.8) is 0 Å². The molecule has 0 aliphatic carbocycles. The standard InChI is InChI=1S/C16H9Cl2N3O5/c17-11-2-1-3-12(18)15(11)16(23)26-8-14(22)20-13-5-4-10(21(24)25)6-9(13)7-19/h1-6H,8H2,(H,20,22). The predicted molar refractivity (Wildman–Crippen MR) is 93.2 cm³/mol. The average Bonchev–Trinajstić information content (AvgIpc) is 2.60. The summed E-state index contributed by atoms with van der Waals surface area (Å²) in [6.07, 6.45) is 0. The van der Waals surface area contributed by atoms with Gasteiger partial charge in [0.1, 0.15) is 6.07 Å².